The Morgan fingerprint density at radius 3 is 2.79 bits per heavy atom. The van der Waals surface area contributed by atoms with E-state index in [2.05, 4.69) is 24.1 Å². The van der Waals surface area contributed by atoms with Gasteiger partial charge in [-0.25, -0.2) is 4.98 Å². The van der Waals surface area contributed by atoms with Crippen molar-refractivity contribution in [2.24, 2.45) is 5.92 Å². The Balaban J connectivity index is 2.13. The summed E-state index contributed by atoms with van der Waals surface area (Å²) in [5.74, 6) is 1.58. The van der Waals surface area contributed by atoms with Gasteiger partial charge in [0, 0.05) is 11.7 Å². The molecule has 0 radical (unpaired) electrons. The van der Waals surface area contributed by atoms with E-state index in [0.717, 1.165) is 17.4 Å². The highest BCUT2D eigenvalue weighted by Crippen LogP contribution is 2.41. The summed E-state index contributed by atoms with van der Waals surface area (Å²) >= 11 is 0. The van der Waals surface area contributed by atoms with Crippen molar-refractivity contribution in [2.45, 2.75) is 32.2 Å². The van der Waals surface area contributed by atoms with Crippen molar-refractivity contribution in [3.63, 3.8) is 0 Å². The fourth-order valence-electron chi connectivity index (χ4n) is 1.73. The van der Waals surface area contributed by atoms with Crippen molar-refractivity contribution in [1.29, 1.82) is 0 Å². The average molecular weight is 191 g/mol. The van der Waals surface area contributed by atoms with Gasteiger partial charge in [-0.15, -0.1) is 0 Å². The third-order valence-electron chi connectivity index (χ3n) is 2.88. The fraction of sp³-hybridized carbons (Fsp3) is 0.545. The monoisotopic (exact) mass is 191 g/mol. The quantitative estimate of drug-likeness (QED) is 0.770. The van der Waals surface area contributed by atoms with Crippen molar-refractivity contribution in [1.82, 2.24) is 4.98 Å². The van der Waals surface area contributed by atoms with Gasteiger partial charge in [0.15, 0.2) is 0 Å². The van der Waals surface area contributed by atoms with Gasteiger partial charge in [0.25, 0.3) is 0 Å². The number of pyridine rings is 1. The van der Waals surface area contributed by atoms with Crippen molar-refractivity contribution >= 4 is 11.5 Å². The van der Waals surface area contributed by atoms with E-state index >= 15 is 0 Å². The van der Waals surface area contributed by atoms with Crippen LogP contribution in [0.3, 0.4) is 0 Å². The molecule has 3 nitrogen and oxygen atoms in total. The number of nitrogens with two attached hydrogens (primary N) is 1. The van der Waals surface area contributed by atoms with Crippen LogP contribution in [-0.4, -0.2) is 10.5 Å². The van der Waals surface area contributed by atoms with Crippen LogP contribution in [0.15, 0.2) is 18.3 Å². The van der Waals surface area contributed by atoms with Gasteiger partial charge < -0.3 is 11.1 Å². The number of nitrogens with one attached hydrogen (secondary N) is 1. The zero-order valence-corrected chi connectivity index (χ0v) is 8.75. The molecule has 0 amide bonds. The highest BCUT2D eigenvalue weighted by molar-refractivity contribution is 5.61. The Morgan fingerprint density at radius 1 is 1.50 bits per heavy atom. The molecule has 0 aliphatic heterocycles. The Kier molecular flexibility index (Phi) is 2.10. The molecule has 3 heteroatoms. The molecule has 76 valence electrons. The number of anilines is 2. The molecule has 1 aromatic heterocycles. The van der Waals surface area contributed by atoms with Gasteiger partial charge in [0.1, 0.15) is 5.82 Å². The van der Waals surface area contributed by atoms with Crippen LogP contribution < -0.4 is 11.1 Å². The molecular weight excluding hydrogens is 174 g/mol. The summed E-state index contributed by atoms with van der Waals surface area (Å²) in [6.45, 7) is 4.41. The summed E-state index contributed by atoms with van der Waals surface area (Å²) < 4.78 is 0. The summed E-state index contributed by atoms with van der Waals surface area (Å²) in [6.07, 6.45) is 4.39. The van der Waals surface area contributed by atoms with Crippen molar-refractivity contribution in [3.05, 3.63) is 18.3 Å². The van der Waals surface area contributed by atoms with Crippen LogP contribution in [0, 0.1) is 5.92 Å². The smallest absolute Gasteiger partial charge is 0.149 e. The van der Waals surface area contributed by atoms with Crippen LogP contribution in [0.5, 0.6) is 0 Å². The van der Waals surface area contributed by atoms with E-state index in [1.54, 1.807) is 6.20 Å². The summed E-state index contributed by atoms with van der Waals surface area (Å²) in [7, 11) is 0. The molecule has 0 atom stereocenters. The minimum Gasteiger partial charge on any atom is -0.396 e. The first-order valence-corrected chi connectivity index (χ1v) is 5.08. The van der Waals surface area contributed by atoms with Gasteiger partial charge in [0.2, 0.25) is 0 Å². The number of aromatic nitrogens is 1. The molecule has 3 N–H and O–H groups in total. The Hall–Kier alpha value is -1.25. The van der Waals surface area contributed by atoms with Gasteiger partial charge in [-0.1, -0.05) is 0 Å². The molecule has 0 unspecified atom stereocenters. The third-order valence-corrected chi connectivity index (χ3v) is 2.88. The summed E-state index contributed by atoms with van der Waals surface area (Å²) in [5, 5.41) is 3.41. The van der Waals surface area contributed by atoms with Gasteiger partial charge in [-0.3, -0.25) is 0 Å². The van der Waals surface area contributed by atoms with Gasteiger partial charge in [0.05, 0.1) is 5.69 Å². The molecule has 0 spiro atoms. The zero-order valence-electron chi connectivity index (χ0n) is 8.75. The Labute approximate surface area is 84.7 Å². The topological polar surface area (TPSA) is 50.9 Å². The third kappa shape index (κ3) is 1.81. The van der Waals surface area contributed by atoms with Crippen molar-refractivity contribution in [3.8, 4) is 0 Å². The molecular formula is C11H17N3. The summed E-state index contributed by atoms with van der Waals surface area (Å²) in [5.41, 5.74) is 6.66. The molecule has 2 rings (SSSR count). The van der Waals surface area contributed by atoms with Gasteiger partial charge in [-0.05, 0) is 44.7 Å². The predicted molar refractivity (Wildman–Crippen MR) is 59.1 cm³/mol. The van der Waals surface area contributed by atoms with Crippen LogP contribution >= 0.6 is 0 Å². The van der Waals surface area contributed by atoms with Crippen molar-refractivity contribution in [2.75, 3.05) is 11.1 Å². The fourth-order valence-corrected chi connectivity index (χ4v) is 1.73. The van der Waals surface area contributed by atoms with Crippen LogP contribution in [0.2, 0.25) is 0 Å². The first-order valence-electron chi connectivity index (χ1n) is 5.08. The largest absolute Gasteiger partial charge is 0.396 e. The van der Waals surface area contributed by atoms with E-state index in [1.807, 2.05) is 12.1 Å². The average Bonchev–Trinajstić information content (AvgIpc) is 2.91. The molecule has 0 bridgehead atoms. The number of nitrogen functional groups attached to an aromatic ring is 1. The number of nitrogens with zero attached hydrogens (tertiary/aromatic N) is 1. The second kappa shape index (κ2) is 3.15. The standard InChI is InChI=1S/C11H17N3/c1-11(2,8-5-6-8)14-10-9(12)4-3-7-13-10/h3-4,7-8H,5-6,12H2,1-2H3,(H,13,14). The lowest BCUT2D eigenvalue weighted by atomic mass is 9.99. The second-order valence-electron chi connectivity index (χ2n) is 4.56. The highest BCUT2D eigenvalue weighted by atomic mass is 15.1. The molecule has 1 heterocycles. The minimum atomic E-state index is 0.114. The Morgan fingerprint density at radius 2 is 2.21 bits per heavy atom. The highest BCUT2D eigenvalue weighted by Gasteiger charge is 2.38. The maximum Gasteiger partial charge on any atom is 0.149 e. The van der Waals surface area contributed by atoms with E-state index in [9.17, 15) is 0 Å². The zero-order chi connectivity index (χ0) is 10.2. The number of rotatable bonds is 3. The van der Waals surface area contributed by atoms with E-state index < -0.39 is 0 Å². The second-order valence-corrected chi connectivity index (χ2v) is 4.56. The summed E-state index contributed by atoms with van der Waals surface area (Å²) in [4.78, 5) is 4.24. The molecule has 1 fully saturated rings. The lowest BCUT2D eigenvalue weighted by molar-refractivity contribution is 0.493. The normalized spacial score (nSPS) is 16.7. The maximum atomic E-state index is 5.82. The molecule has 1 aromatic rings. The first kappa shape index (κ1) is 9.31. The maximum absolute atomic E-state index is 5.82. The Bertz CT molecular complexity index is 329. The molecule has 0 saturated heterocycles. The van der Waals surface area contributed by atoms with Crippen molar-refractivity contribution < 1.29 is 0 Å². The number of hydrogen-bond donors (Lipinski definition) is 2. The molecule has 1 aliphatic carbocycles. The van der Waals surface area contributed by atoms with E-state index in [-0.39, 0.29) is 5.54 Å². The molecule has 1 saturated carbocycles. The van der Waals surface area contributed by atoms with Crippen LogP contribution in [0.4, 0.5) is 11.5 Å². The number of hydrogen-bond acceptors (Lipinski definition) is 3. The van der Waals surface area contributed by atoms with E-state index in [0.29, 0.717) is 0 Å². The lowest BCUT2D eigenvalue weighted by Gasteiger charge is -2.27. The molecule has 0 aromatic carbocycles. The predicted octanol–water partition coefficient (Wildman–Crippen LogP) is 2.26. The molecule has 1 aliphatic rings. The van der Waals surface area contributed by atoms with Crippen LogP contribution in [0.1, 0.15) is 26.7 Å². The van der Waals surface area contributed by atoms with Crippen LogP contribution in [0.25, 0.3) is 0 Å². The van der Waals surface area contributed by atoms with E-state index in [4.69, 9.17) is 5.73 Å². The minimum absolute atomic E-state index is 0.114. The van der Waals surface area contributed by atoms with E-state index in [1.165, 1.54) is 12.8 Å². The summed E-state index contributed by atoms with van der Waals surface area (Å²) in [6, 6.07) is 3.73. The van der Waals surface area contributed by atoms with Crippen LogP contribution in [-0.2, 0) is 0 Å². The SMILES string of the molecule is CC(C)(Nc1ncccc1N)C1CC1. The van der Waals surface area contributed by atoms with Gasteiger partial charge in [-0.2, -0.15) is 0 Å². The van der Waals surface area contributed by atoms with Gasteiger partial charge >= 0.3 is 0 Å². The lowest BCUT2D eigenvalue weighted by Crippen LogP contribution is -2.34. The molecule has 14 heavy (non-hydrogen) atoms. The first-order chi connectivity index (χ1) is 6.59.